The quantitative estimate of drug-likeness (QED) is 0.836. The van der Waals surface area contributed by atoms with Crippen LogP contribution in [0.25, 0.3) is 0 Å². The van der Waals surface area contributed by atoms with E-state index in [2.05, 4.69) is 0 Å². The Balaban J connectivity index is 1.96. The second kappa shape index (κ2) is 7.17. The third-order valence-electron chi connectivity index (χ3n) is 3.63. The van der Waals surface area contributed by atoms with E-state index in [-0.39, 0.29) is 5.56 Å². The molecule has 1 fully saturated rings. The zero-order chi connectivity index (χ0) is 17.0. The Morgan fingerprint density at radius 1 is 1.22 bits per heavy atom. The number of ether oxygens (including phenoxy) is 1. The molecule has 1 atom stereocenters. The van der Waals surface area contributed by atoms with E-state index in [1.54, 1.807) is 0 Å². The number of nitrogens with two attached hydrogens (primary N) is 1. The highest BCUT2D eigenvalue weighted by Crippen LogP contribution is 2.17. The molecule has 23 heavy (non-hydrogen) atoms. The van der Waals surface area contributed by atoms with Crippen LogP contribution in [-0.4, -0.2) is 41.9 Å². The Labute approximate surface area is 131 Å². The van der Waals surface area contributed by atoms with E-state index >= 15 is 0 Å². The predicted octanol–water partition coefficient (Wildman–Crippen LogP) is 0.988. The van der Waals surface area contributed by atoms with Crippen molar-refractivity contribution in [3.05, 3.63) is 35.4 Å². The predicted molar refractivity (Wildman–Crippen MR) is 75.2 cm³/mol. The lowest BCUT2D eigenvalue weighted by Gasteiger charge is -2.33. The van der Waals surface area contributed by atoms with Crippen molar-refractivity contribution in [3.8, 4) is 0 Å². The number of hydrogen-bond donors (Lipinski definition) is 1. The summed E-state index contributed by atoms with van der Waals surface area (Å²) in [6, 6.07) is 1.83. The van der Waals surface area contributed by atoms with Crippen LogP contribution in [0, 0.1) is 11.6 Å². The first-order valence-electron chi connectivity index (χ1n) is 7.11. The number of carbonyl (C=O) groups is 3. The van der Waals surface area contributed by atoms with E-state index in [9.17, 15) is 23.2 Å². The number of nitrogens with zero attached hydrogens (tertiary/aromatic N) is 1. The zero-order valence-electron chi connectivity index (χ0n) is 12.3. The maximum Gasteiger partial charge on any atom is 0.338 e. The fourth-order valence-corrected chi connectivity index (χ4v) is 2.44. The number of primary amides is 1. The van der Waals surface area contributed by atoms with E-state index in [1.807, 2.05) is 0 Å². The molecule has 2 rings (SSSR count). The van der Waals surface area contributed by atoms with Gasteiger partial charge in [-0.2, -0.15) is 0 Å². The summed E-state index contributed by atoms with van der Waals surface area (Å²) in [6.45, 7) is -0.239. The number of carbonyl (C=O) groups excluding carboxylic acids is 3. The summed E-state index contributed by atoms with van der Waals surface area (Å²) in [5.74, 6) is -4.38. The van der Waals surface area contributed by atoms with Gasteiger partial charge >= 0.3 is 5.97 Å². The number of halogens is 2. The van der Waals surface area contributed by atoms with Crippen molar-refractivity contribution in [1.82, 2.24) is 4.90 Å². The minimum atomic E-state index is -1.18. The Morgan fingerprint density at radius 3 is 2.61 bits per heavy atom. The molecule has 1 aliphatic rings. The summed E-state index contributed by atoms with van der Waals surface area (Å²) >= 11 is 0. The summed E-state index contributed by atoms with van der Waals surface area (Å²) in [5.41, 5.74) is 5.05. The van der Waals surface area contributed by atoms with Crippen molar-refractivity contribution >= 4 is 17.8 Å². The fourth-order valence-electron chi connectivity index (χ4n) is 2.44. The molecular formula is C15H16F2N2O4. The first-order valence-corrected chi connectivity index (χ1v) is 7.11. The van der Waals surface area contributed by atoms with Crippen molar-refractivity contribution in [2.45, 2.75) is 25.3 Å². The Hall–Kier alpha value is -2.51. The van der Waals surface area contributed by atoms with Crippen molar-refractivity contribution in [2.75, 3.05) is 13.2 Å². The summed E-state index contributed by atoms with van der Waals surface area (Å²) in [6.07, 6.45) is 1.98. The average molecular weight is 326 g/mol. The first-order chi connectivity index (χ1) is 10.9. The van der Waals surface area contributed by atoms with Gasteiger partial charge in [-0.3, -0.25) is 9.59 Å². The summed E-state index contributed by atoms with van der Waals surface area (Å²) in [4.78, 5) is 36.4. The molecule has 1 heterocycles. The van der Waals surface area contributed by atoms with Gasteiger partial charge in [-0.05, 0) is 37.5 Å². The van der Waals surface area contributed by atoms with E-state index in [1.165, 1.54) is 4.90 Å². The highest BCUT2D eigenvalue weighted by molar-refractivity contribution is 5.92. The van der Waals surface area contributed by atoms with Gasteiger partial charge in [-0.15, -0.1) is 0 Å². The SMILES string of the molecule is NC(=O)[C@H]1CCCCN1C(=O)COC(=O)c1ccc(F)c(F)c1. The molecule has 2 N–H and O–H groups in total. The topological polar surface area (TPSA) is 89.7 Å². The van der Waals surface area contributed by atoms with Crippen LogP contribution >= 0.6 is 0 Å². The molecular weight excluding hydrogens is 310 g/mol. The largest absolute Gasteiger partial charge is 0.452 e. The molecule has 0 bridgehead atoms. The monoisotopic (exact) mass is 326 g/mol. The van der Waals surface area contributed by atoms with Crippen LogP contribution in [0.4, 0.5) is 8.78 Å². The van der Waals surface area contributed by atoms with Gasteiger partial charge in [0.2, 0.25) is 5.91 Å². The van der Waals surface area contributed by atoms with Gasteiger partial charge in [0, 0.05) is 6.54 Å². The van der Waals surface area contributed by atoms with Gasteiger partial charge < -0.3 is 15.4 Å². The molecule has 1 aromatic rings. The van der Waals surface area contributed by atoms with E-state index in [0.29, 0.717) is 19.0 Å². The third-order valence-corrected chi connectivity index (χ3v) is 3.63. The lowest BCUT2D eigenvalue weighted by atomic mass is 10.0. The minimum Gasteiger partial charge on any atom is -0.452 e. The van der Waals surface area contributed by atoms with Gasteiger partial charge in [-0.1, -0.05) is 0 Å². The second-order valence-electron chi connectivity index (χ2n) is 5.21. The molecule has 0 aromatic heterocycles. The molecule has 0 radical (unpaired) electrons. The molecule has 124 valence electrons. The van der Waals surface area contributed by atoms with Crippen molar-refractivity contribution < 1.29 is 27.9 Å². The Morgan fingerprint density at radius 2 is 1.96 bits per heavy atom. The van der Waals surface area contributed by atoms with E-state index in [4.69, 9.17) is 10.5 Å². The Kier molecular flexibility index (Phi) is 5.25. The highest BCUT2D eigenvalue weighted by Gasteiger charge is 2.31. The van der Waals surface area contributed by atoms with Crippen molar-refractivity contribution in [3.63, 3.8) is 0 Å². The Bertz CT molecular complexity index is 636. The lowest BCUT2D eigenvalue weighted by molar-refractivity contribution is -0.143. The van der Waals surface area contributed by atoms with Gasteiger partial charge in [0.15, 0.2) is 18.2 Å². The van der Waals surface area contributed by atoms with E-state index in [0.717, 1.165) is 25.0 Å². The van der Waals surface area contributed by atoms with Crippen LogP contribution in [0.15, 0.2) is 18.2 Å². The van der Waals surface area contributed by atoms with Gasteiger partial charge in [-0.25, -0.2) is 13.6 Å². The zero-order valence-corrected chi connectivity index (χ0v) is 12.3. The van der Waals surface area contributed by atoms with Crippen LogP contribution < -0.4 is 5.73 Å². The number of esters is 1. The summed E-state index contributed by atoms with van der Waals surface area (Å²) < 4.78 is 30.7. The molecule has 2 amide bonds. The summed E-state index contributed by atoms with van der Waals surface area (Å²) in [7, 11) is 0. The number of benzene rings is 1. The normalized spacial score (nSPS) is 17.7. The van der Waals surface area contributed by atoms with Crippen molar-refractivity contribution in [2.24, 2.45) is 5.73 Å². The van der Waals surface area contributed by atoms with Crippen LogP contribution in [0.3, 0.4) is 0 Å². The number of amides is 2. The van der Waals surface area contributed by atoms with E-state index < -0.39 is 42.1 Å². The molecule has 0 unspecified atom stereocenters. The molecule has 8 heteroatoms. The molecule has 1 aliphatic heterocycles. The first kappa shape index (κ1) is 16.9. The van der Waals surface area contributed by atoms with Crippen LogP contribution in [-0.2, 0) is 14.3 Å². The van der Waals surface area contributed by atoms with Gasteiger partial charge in [0.1, 0.15) is 6.04 Å². The highest BCUT2D eigenvalue weighted by atomic mass is 19.2. The standard InChI is InChI=1S/C15H16F2N2O4/c16-10-5-4-9(7-11(10)17)15(22)23-8-13(20)19-6-2-1-3-12(19)14(18)21/h4-5,7,12H,1-3,6,8H2,(H2,18,21)/t12-/m1/s1. The molecule has 1 aromatic carbocycles. The fraction of sp³-hybridized carbons (Fsp3) is 0.400. The van der Waals surface area contributed by atoms with Crippen LogP contribution in [0.2, 0.25) is 0 Å². The maximum absolute atomic E-state index is 13.1. The molecule has 1 saturated heterocycles. The third kappa shape index (κ3) is 4.02. The number of rotatable bonds is 4. The lowest BCUT2D eigenvalue weighted by Crippen LogP contribution is -2.51. The average Bonchev–Trinajstić information content (AvgIpc) is 2.54. The van der Waals surface area contributed by atoms with Crippen LogP contribution in [0.5, 0.6) is 0 Å². The molecule has 6 nitrogen and oxygen atoms in total. The molecule has 0 spiro atoms. The van der Waals surface area contributed by atoms with Crippen molar-refractivity contribution in [1.29, 1.82) is 0 Å². The minimum absolute atomic E-state index is 0.207. The summed E-state index contributed by atoms with van der Waals surface area (Å²) in [5, 5.41) is 0. The number of hydrogen-bond acceptors (Lipinski definition) is 4. The van der Waals surface area contributed by atoms with Crippen LogP contribution in [0.1, 0.15) is 29.6 Å². The number of piperidine rings is 1. The second-order valence-corrected chi connectivity index (χ2v) is 5.21. The molecule has 0 saturated carbocycles. The molecule has 0 aliphatic carbocycles. The maximum atomic E-state index is 13.1. The van der Waals surface area contributed by atoms with Gasteiger partial charge in [0.05, 0.1) is 5.56 Å². The smallest absolute Gasteiger partial charge is 0.338 e. The van der Waals surface area contributed by atoms with Gasteiger partial charge in [0.25, 0.3) is 5.91 Å². The number of likely N-dealkylation sites (tertiary alicyclic amines) is 1.